The summed E-state index contributed by atoms with van der Waals surface area (Å²) in [6.07, 6.45) is -2.75. The van der Waals surface area contributed by atoms with Crippen molar-refractivity contribution in [3.05, 3.63) is 48.0 Å². The van der Waals surface area contributed by atoms with Gasteiger partial charge in [0.2, 0.25) is 0 Å². The molecular weight excluding hydrogens is 243 g/mol. The highest BCUT2D eigenvalue weighted by Gasteiger charge is 2.33. The predicted molar refractivity (Wildman–Crippen MR) is 64.0 cm³/mol. The first-order valence-corrected chi connectivity index (χ1v) is 5.58. The maximum absolute atomic E-state index is 12.8. The number of halogens is 3. The standard InChI is InChI=1S/C13H16F3NO/c1-2-7-17(8-9-18)10-11-5-3-4-6-12(11)13(14,15)16/h2-6,18H,1,7-10H2. The molecule has 0 aromatic heterocycles. The minimum atomic E-state index is -4.35. The Labute approximate surface area is 104 Å². The van der Waals surface area contributed by atoms with E-state index in [-0.39, 0.29) is 18.7 Å². The van der Waals surface area contributed by atoms with Gasteiger partial charge in [0.1, 0.15) is 0 Å². The van der Waals surface area contributed by atoms with Crippen molar-refractivity contribution in [1.29, 1.82) is 0 Å². The molecule has 0 atom stereocenters. The van der Waals surface area contributed by atoms with Crippen molar-refractivity contribution >= 4 is 0 Å². The summed E-state index contributed by atoms with van der Waals surface area (Å²) in [7, 11) is 0. The maximum Gasteiger partial charge on any atom is 0.416 e. The third-order valence-corrected chi connectivity index (χ3v) is 2.52. The Morgan fingerprint density at radius 2 is 1.94 bits per heavy atom. The van der Waals surface area contributed by atoms with Crippen molar-refractivity contribution in [3.63, 3.8) is 0 Å². The number of hydrogen-bond acceptors (Lipinski definition) is 2. The molecule has 2 nitrogen and oxygen atoms in total. The highest BCUT2D eigenvalue weighted by atomic mass is 19.4. The minimum absolute atomic E-state index is 0.0952. The van der Waals surface area contributed by atoms with Crippen LogP contribution < -0.4 is 0 Å². The van der Waals surface area contributed by atoms with Gasteiger partial charge in [0.25, 0.3) is 0 Å². The van der Waals surface area contributed by atoms with Crippen LogP contribution in [0.4, 0.5) is 13.2 Å². The van der Waals surface area contributed by atoms with Crippen molar-refractivity contribution < 1.29 is 18.3 Å². The van der Waals surface area contributed by atoms with Gasteiger partial charge in [-0.05, 0) is 11.6 Å². The lowest BCUT2D eigenvalue weighted by atomic mass is 10.1. The summed E-state index contributed by atoms with van der Waals surface area (Å²) in [5, 5.41) is 8.87. The number of nitrogens with zero attached hydrogens (tertiary/aromatic N) is 1. The zero-order valence-corrected chi connectivity index (χ0v) is 9.95. The van der Waals surface area contributed by atoms with E-state index in [0.717, 1.165) is 6.07 Å². The maximum atomic E-state index is 12.8. The van der Waals surface area contributed by atoms with E-state index < -0.39 is 11.7 Å². The molecule has 0 heterocycles. The van der Waals surface area contributed by atoms with E-state index in [1.54, 1.807) is 17.0 Å². The first-order valence-electron chi connectivity index (χ1n) is 5.58. The van der Waals surface area contributed by atoms with Crippen LogP contribution in [0.15, 0.2) is 36.9 Å². The number of hydrogen-bond donors (Lipinski definition) is 1. The van der Waals surface area contributed by atoms with E-state index in [1.165, 1.54) is 12.1 Å². The summed E-state index contributed by atoms with van der Waals surface area (Å²) in [5.74, 6) is 0. The van der Waals surface area contributed by atoms with Crippen LogP contribution in [-0.2, 0) is 12.7 Å². The second kappa shape index (κ2) is 6.56. The number of aliphatic hydroxyl groups excluding tert-OH is 1. The average molecular weight is 259 g/mol. The second-order valence-corrected chi connectivity index (χ2v) is 3.90. The molecule has 18 heavy (non-hydrogen) atoms. The molecule has 0 saturated carbocycles. The molecule has 0 radical (unpaired) electrons. The minimum Gasteiger partial charge on any atom is -0.395 e. The summed E-state index contributed by atoms with van der Waals surface area (Å²) in [4.78, 5) is 1.71. The molecule has 0 bridgehead atoms. The fourth-order valence-corrected chi connectivity index (χ4v) is 1.73. The molecule has 0 amide bonds. The van der Waals surface area contributed by atoms with E-state index in [2.05, 4.69) is 6.58 Å². The van der Waals surface area contributed by atoms with Gasteiger partial charge in [0.05, 0.1) is 12.2 Å². The lowest BCUT2D eigenvalue weighted by Crippen LogP contribution is -2.27. The number of benzene rings is 1. The van der Waals surface area contributed by atoms with E-state index in [4.69, 9.17) is 5.11 Å². The molecule has 1 rings (SSSR count). The molecule has 0 saturated heterocycles. The van der Waals surface area contributed by atoms with Crippen LogP contribution in [0.3, 0.4) is 0 Å². The molecular formula is C13H16F3NO. The Hall–Kier alpha value is -1.33. The van der Waals surface area contributed by atoms with Gasteiger partial charge in [-0.25, -0.2) is 0 Å². The summed E-state index contributed by atoms with van der Waals surface area (Å²) < 4.78 is 38.3. The Morgan fingerprint density at radius 1 is 1.28 bits per heavy atom. The quantitative estimate of drug-likeness (QED) is 0.794. The number of rotatable bonds is 6. The zero-order chi connectivity index (χ0) is 13.6. The van der Waals surface area contributed by atoms with Gasteiger partial charge in [-0.1, -0.05) is 24.3 Å². The van der Waals surface area contributed by atoms with Crippen LogP contribution in [0.5, 0.6) is 0 Å². The van der Waals surface area contributed by atoms with Crippen LogP contribution in [-0.4, -0.2) is 29.7 Å². The van der Waals surface area contributed by atoms with Crippen molar-refractivity contribution in [3.8, 4) is 0 Å². The normalized spacial score (nSPS) is 11.8. The number of alkyl halides is 3. The SMILES string of the molecule is C=CCN(CCO)Cc1ccccc1C(F)(F)F. The fourth-order valence-electron chi connectivity index (χ4n) is 1.73. The van der Waals surface area contributed by atoms with Crippen molar-refractivity contribution in [2.45, 2.75) is 12.7 Å². The van der Waals surface area contributed by atoms with E-state index in [9.17, 15) is 13.2 Å². The van der Waals surface area contributed by atoms with Gasteiger partial charge in [-0.15, -0.1) is 6.58 Å². The van der Waals surface area contributed by atoms with Crippen molar-refractivity contribution in [1.82, 2.24) is 4.90 Å². The molecule has 5 heteroatoms. The van der Waals surface area contributed by atoms with Crippen LogP contribution in [0.1, 0.15) is 11.1 Å². The molecule has 0 fully saturated rings. The average Bonchev–Trinajstić information content (AvgIpc) is 2.29. The third kappa shape index (κ3) is 4.16. The Bertz CT molecular complexity index is 390. The Morgan fingerprint density at radius 3 is 2.50 bits per heavy atom. The van der Waals surface area contributed by atoms with Gasteiger partial charge in [0, 0.05) is 19.6 Å². The van der Waals surface area contributed by atoms with Gasteiger partial charge in [-0.2, -0.15) is 13.2 Å². The lowest BCUT2D eigenvalue weighted by Gasteiger charge is -2.21. The molecule has 0 aliphatic heterocycles. The lowest BCUT2D eigenvalue weighted by molar-refractivity contribution is -0.138. The summed E-state index contributed by atoms with van der Waals surface area (Å²) in [6, 6.07) is 5.47. The highest BCUT2D eigenvalue weighted by molar-refractivity contribution is 5.29. The van der Waals surface area contributed by atoms with E-state index in [1.807, 2.05) is 0 Å². The monoisotopic (exact) mass is 259 g/mol. The first kappa shape index (κ1) is 14.7. The molecule has 0 aliphatic rings. The summed E-state index contributed by atoms with van der Waals surface area (Å²) in [6.45, 7) is 4.35. The third-order valence-electron chi connectivity index (χ3n) is 2.52. The van der Waals surface area contributed by atoms with E-state index >= 15 is 0 Å². The molecule has 0 unspecified atom stereocenters. The Kier molecular flexibility index (Phi) is 5.37. The van der Waals surface area contributed by atoms with Gasteiger partial charge in [0.15, 0.2) is 0 Å². The number of aliphatic hydroxyl groups is 1. The second-order valence-electron chi connectivity index (χ2n) is 3.90. The first-order chi connectivity index (χ1) is 8.49. The van der Waals surface area contributed by atoms with Crippen LogP contribution in [0.2, 0.25) is 0 Å². The van der Waals surface area contributed by atoms with Gasteiger partial charge in [-0.3, -0.25) is 4.90 Å². The van der Waals surface area contributed by atoms with Crippen LogP contribution >= 0.6 is 0 Å². The summed E-state index contributed by atoms with van der Waals surface area (Å²) >= 11 is 0. The fraction of sp³-hybridized carbons (Fsp3) is 0.385. The topological polar surface area (TPSA) is 23.5 Å². The molecule has 1 aromatic rings. The largest absolute Gasteiger partial charge is 0.416 e. The zero-order valence-electron chi connectivity index (χ0n) is 9.95. The molecule has 0 spiro atoms. The Balaban J connectivity index is 2.91. The van der Waals surface area contributed by atoms with Crippen LogP contribution in [0.25, 0.3) is 0 Å². The van der Waals surface area contributed by atoms with Crippen LogP contribution in [0, 0.1) is 0 Å². The summed E-state index contributed by atoms with van der Waals surface area (Å²) in [5.41, 5.74) is -0.419. The van der Waals surface area contributed by atoms with Gasteiger partial charge < -0.3 is 5.11 Å². The molecule has 1 aromatic carbocycles. The predicted octanol–water partition coefficient (Wildman–Crippen LogP) is 2.69. The van der Waals surface area contributed by atoms with Crippen molar-refractivity contribution in [2.75, 3.05) is 19.7 Å². The molecule has 100 valence electrons. The molecule has 1 N–H and O–H groups in total. The highest BCUT2D eigenvalue weighted by Crippen LogP contribution is 2.32. The molecule has 0 aliphatic carbocycles. The smallest absolute Gasteiger partial charge is 0.395 e. The van der Waals surface area contributed by atoms with Gasteiger partial charge >= 0.3 is 6.18 Å². The van der Waals surface area contributed by atoms with Crippen molar-refractivity contribution in [2.24, 2.45) is 0 Å². The van der Waals surface area contributed by atoms with E-state index in [0.29, 0.717) is 13.1 Å².